The molecule has 2 heteroatoms. The lowest BCUT2D eigenvalue weighted by atomic mass is 9.91. The topological polar surface area (TPSA) is 0 Å². The molecule has 0 amide bonds. The number of hydrogen-bond donors (Lipinski definition) is 0. The Balaban J connectivity index is 2.23. The third kappa shape index (κ3) is 2.91. The Kier molecular flexibility index (Phi) is 4.15. The van der Waals surface area contributed by atoms with Crippen molar-refractivity contribution >= 4 is 45.2 Å². The van der Waals surface area contributed by atoms with E-state index in [0.717, 1.165) is 7.85 Å². The molecular weight excluding hydrogens is 338 g/mol. The zero-order chi connectivity index (χ0) is 6.69. The first kappa shape index (κ1) is 8.56. The summed E-state index contributed by atoms with van der Waals surface area (Å²) in [5.74, 6) is 1.03. The Morgan fingerprint density at radius 3 is 1.89 bits per heavy atom. The van der Waals surface area contributed by atoms with Crippen LogP contribution < -0.4 is 0 Å². The van der Waals surface area contributed by atoms with Crippen molar-refractivity contribution in [2.75, 3.05) is 0 Å². The molecule has 0 spiro atoms. The second-order valence-electron chi connectivity index (χ2n) is 2.73. The molecule has 0 atom stereocenters. The highest BCUT2D eigenvalue weighted by Crippen LogP contribution is 2.33. The smallest absolute Gasteiger partial charge is 0.0654 e. The fraction of sp³-hybridized carbons (Fsp3) is 1.00. The summed E-state index contributed by atoms with van der Waals surface area (Å²) < 4.78 is 0.875. The van der Waals surface area contributed by atoms with Crippen molar-refractivity contribution in [2.45, 2.75) is 34.0 Å². The summed E-state index contributed by atoms with van der Waals surface area (Å²) in [6.07, 6.45) is 7.41. The van der Waals surface area contributed by atoms with Gasteiger partial charge in [-0.25, -0.2) is 0 Å². The Bertz CT molecular complexity index is 75.0. The van der Waals surface area contributed by atoms with E-state index in [4.69, 9.17) is 0 Å². The molecule has 0 nitrogen and oxygen atoms in total. The highest BCUT2D eigenvalue weighted by Gasteiger charge is 2.18. The van der Waals surface area contributed by atoms with Crippen molar-refractivity contribution in [3.63, 3.8) is 0 Å². The quantitative estimate of drug-likeness (QED) is 0.499. The van der Waals surface area contributed by atoms with Gasteiger partial charge in [0.15, 0.2) is 0 Å². The molecule has 0 saturated heterocycles. The van der Waals surface area contributed by atoms with Crippen LogP contribution >= 0.6 is 45.2 Å². The SMILES string of the molecule is IC(I)C1CCCCC1. The summed E-state index contributed by atoms with van der Waals surface area (Å²) in [7, 11) is 0. The van der Waals surface area contributed by atoms with Crippen LogP contribution in [0.2, 0.25) is 0 Å². The Hall–Kier alpha value is 1.46. The van der Waals surface area contributed by atoms with Gasteiger partial charge in [-0.2, -0.15) is 0 Å². The molecule has 0 aliphatic heterocycles. The molecule has 1 aliphatic carbocycles. The zero-order valence-corrected chi connectivity index (χ0v) is 9.76. The van der Waals surface area contributed by atoms with Gasteiger partial charge < -0.3 is 0 Å². The first-order chi connectivity index (χ1) is 4.30. The maximum atomic E-state index is 2.55. The molecule has 0 radical (unpaired) electrons. The van der Waals surface area contributed by atoms with Crippen molar-refractivity contribution in [3.05, 3.63) is 0 Å². The lowest BCUT2D eigenvalue weighted by Gasteiger charge is -2.22. The predicted molar refractivity (Wildman–Crippen MR) is 58.4 cm³/mol. The first-order valence-electron chi connectivity index (χ1n) is 3.59. The lowest BCUT2D eigenvalue weighted by molar-refractivity contribution is 0.390. The molecule has 0 N–H and O–H groups in total. The molecule has 54 valence electrons. The first-order valence-corrected chi connectivity index (χ1v) is 6.08. The van der Waals surface area contributed by atoms with Crippen LogP contribution in [0.15, 0.2) is 0 Å². The van der Waals surface area contributed by atoms with Gasteiger partial charge in [0.25, 0.3) is 0 Å². The summed E-state index contributed by atoms with van der Waals surface area (Å²) in [5, 5.41) is 0. The molecule has 9 heavy (non-hydrogen) atoms. The van der Waals surface area contributed by atoms with Crippen LogP contribution in [0.25, 0.3) is 0 Å². The predicted octanol–water partition coefficient (Wildman–Crippen LogP) is 3.76. The van der Waals surface area contributed by atoms with Crippen molar-refractivity contribution in [1.29, 1.82) is 0 Å². The lowest BCUT2D eigenvalue weighted by Crippen LogP contribution is -2.11. The highest BCUT2D eigenvalue weighted by molar-refractivity contribution is 14.2. The fourth-order valence-corrected chi connectivity index (χ4v) is 2.82. The average molecular weight is 350 g/mol. The van der Waals surface area contributed by atoms with Gasteiger partial charge in [-0.15, -0.1) is 0 Å². The monoisotopic (exact) mass is 350 g/mol. The van der Waals surface area contributed by atoms with Gasteiger partial charge in [0.1, 0.15) is 0 Å². The minimum absolute atomic E-state index is 0.875. The summed E-state index contributed by atoms with van der Waals surface area (Å²) in [5.41, 5.74) is 0. The normalized spacial score (nSPS) is 23.0. The molecule has 0 unspecified atom stereocenters. The molecular formula is C7H12I2. The maximum absolute atomic E-state index is 2.55. The van der Waals surface area contributed by atoms with Crippen LogP contribution in [0.4, 0.5) is 0 Å². The van der Waals surface area contributed by atoms with E-state index in [1.165, 1.54) is 32.1 Å². The molecule has 0 aromatic heterocycles. The number of halogens is 2. The zero-order valence-electron chi connectivity index (χ0n) is 5.45. The molecule has 1 aliphatic rings. The van der Waals surface area contributed by atoms with E-state index in [9.17, 15) is 0 Å². The van der Waals surface area contributed by atoms with Crippen molar-refractivity contribution in [2.24, 2.45) is 5.92 Å². The molecule has 1 saturated carbocycles. The standard InChI is InChI=1S/C7H12I2/c8-7(9)6-4-2-1-3-5-6/h6-7H,1-5H2. The molecule has 0 heterocycles. The van der Waals surface area contributed by atoms with Crippen molar-refractivity contribution in [3.8, 4) is 0 Å². The molecule has 0 bridgehead atoms. The Morgan fingerprint density at radius 2 is 1.56 bits per heavy atom. The number of hydrogen-bond acceptors (Lipinski definition) is 0. The molecule has 1 rings (SSSR count). The maximum Gasteiger partial charge on any atom is 0.0654 e. The van der Waals surface area contributed by atoms with E-state index in [1.807, 2.05) is 0 Å². The van der Waals surface area contributed by atoms with Crippen LogP contribution in [0, 0.1) is 5.92 Å². The molecule has 1 fully saturated rings. The third-order valence-corrected chi connectivity index (χ3v) is 4.04. The Labute approximate surface area is 84.4 Å². The van der Waals surface area contributed by atoms with E-state index in [1.54, 1.807) is 0 Å². The second kappa shape index (κ2) is 4.36. The summed E-state index contributed by atoms with van der Waals surface area (Å²) in [6.45, 7) is 0. The van der Waals surface area contributed by atoms with Gasteiger partial charge in [-0.05, 0) is 18.8 Å². The molecule has 0 aromatic rings. The minimum Gasteiger partial charge on any atom is -0.0707 e. The van der Waals surface area contributed by atoms with Crippen LogP contribution in [0.5, 0.6) is 0 Å². The van der Waals surface area contributed by atoms with Crippen LogP contribution in [-0.2, 0) is 0 Å². The van der Waals surface area contributed by atoms with Crippen molar-refractivity contribution in [1.82, 2.24) is 0 Å². The number of rotatable bonds is 1. The van der Waals surface area contributed by atoms with E-state index in [-0.39, 0.29) is 0 Å². The third-order valence-electron chi connectivity index (χ3n) is 2.01. The van der Waals surface area contributed by atoms with Gasteiger partial charge in [0.05, 0.1) is 1.93 Å². The second-order valence-corrected chi connectivity index (χ2v) is 7.80. The van der Waals surface area contributed by atoms with Gasteiger partial charge in [0, 0.05) is 0 Å². The summed E-state index contributed by atoms with van der Waals surface area (Å²) >= 11 is 5.10. The van der Waals surface area contributed by atoms with Gasteiger partial charge in [0.2, 0.25) is 0 Å². The average Bonchev–Trinajstić information content (AvgIpc) is 1.90. The summed E-state index contributed by atoms with van der Waals surface area (Å²) in [4.78, 5) is 0. The Morgan fingerprint density at radius 1 is 1.00 bits per heavy atom. The van der Waals surface area contributed by atoms with Gasteiger partial charge >= 0.3 is 0 Å². The number of alkyl halides is 2. The largest absolute Gasteiger partial charge is 0.0707 e. The van der Waals surface area contributed by atoms with Gasteiger partial charge in [-0.1, -0.05) is 64.4 Å². The van der Waals surface area contributed by atoms with Gasteiger partial charge in [-0.3, -0.25) is 0 Å². The van der Waals surface area contributed by atoms with Crippen LogP contribution in [0.3, 0.4) is 0 Å². The highest BCUT2D eigenvalue weighted by atomic mass is 127. The van der Waals surface area contributed by atoms with E-state index in [2.05, 4.69) is 45.2 Å². The fourth-order valence-electron chi connectivity index (χ4n) is 1.39. The molecule has 0 aromatic carbocycles. The van der Waals surface area contributed by atoms with Crippen LogP contribution in [0.1, 0.15) is 32.1 Å². The van der Waals surface area contributed by atoms with E-state index < -0.39 is 0 Å². The van der Waals surface area contributed by atoms with Crippen molar-refractivity contribution < 1.29 is 0 Å². The minimum atomic E-state index is 0.875. The van der Waals surface area contributed by atoms with E-state index >= 15 is 0 Å². The van der Waals surface area contributed by atoms with Crippen LogP contribution in [-0.4, -0.2) is 1.93 Å². The van der Waals surface area contributed by atoms with E-state index in [0.29, 0.717) is 0 Å². The summed E-state index contributed by atoms with van der Waals surface area (Å²) in [6, 6.07) is 0.